The molecule has 0 spiro atoms. The number of urea groups is 1. The fourth-order valence-corrected chi connectivity index (χ4v) is 11.6. The van der Waals surface area contributed by atoms with Gasteiger partial charge >= 0.3 is 12.0 Å². The van der Waals surface area contributed by atoms with E-state index < -0.39 is 22.0 Å². The van der Waals surface area contributed by atoms with Crippen molar-refractivity contribution in [2.75, 3.05) is 13.7 Å². The number of ether oxygens (including phenoxy) is 1. The van der Waals surface area contributed by atoms with Gasteiger partial charge in [0, 0.05) is 6.54 Å². The van der Waals surface area contributed by atoms with E-state index in [1.165, 1.54) is 31.4 Å². The van der Waals surface area contributed by atoms with Gasteiger partial charge in [-0.3, -0.25) is 0 Å². The minimum Gasteiger partial charge on any atom is -0.465 e. The van der Waals surface area contributed by atoms with E-state index in [2.05, 4.69) is 42.5 Å². The number of rotatable bonds is 8. The van der Waals surface area contributed by atoms with Crippen molar-refractivity contribution in [2.45, 2.75) is 103 Å². The van der Waals surface area contributed by atoms with Crippen LogP contribution < -0.4 is 10.0 Å². The first kappa shape index (κ1) is 33.2. The third-order valence-electron chi connectivity index (χ3n) is 12.8. The minimum atomic E-state index is -4.09. The Kier molecular flexibility index (Phi) is 9.47. The van der Waals surface area contributed by atoms with Crippen molar-refractivity contribution < 1.29 is 33.0 Å². The number of aliphatic hydroxyl groups is 2. The smallest absolute Gasteiger partial charge is 0.337 e. The quantitative estimate of drug-likeness (QED) is 0.292. The molecule has 0 aromatic heterocycles. The maximum atomic E-state index is 12.7. The van der Waals surface area contributed by atoms with Crippen LogP contribution in [-0.2, 0) is 14.8 Å². The molecule has 0 aliphatic heterocycles. The van der Waals surface area contributed by atoms with Gasteiger partial charge in [0.05, 0.1) is 29.8 Å². The first-order chi connectivity index (χ1) is 20.8. The van der Waals surface area contributed by atoms with Crippen LogP contribution in [0.5, 0.6) is 0 Å². The zero-order chi connectivity index (χ0) is 32.0. The van der Waals surface area contributed by atoms with Crippen LogP contribution in [0.15, 0.2) is 29.2 Å². The average molecular weight is 633 g/mol. The lowest BCUT2D eigenvalue weighted by Crippen LogP contribution is -2.62. The molecule has 1 aromatic rings. The number of benzene rings is 1. The van der Waals surface area contributed by atoms with Crippen LogP contribution in [-0.4, -0.2) is 56.5 Å². The van der Waals surface area contributed by atoms with E-state index in [4.69, 9.17) is 0 Å². The first-order valence-electron chi connectivity index (χ1n) is 16.6. The Balaban J connectivity index is 1.19. The van der Waals surface area contributed by atoms with Gasteiger partial charge in [-0.15, -0.1) is 0 Å². The Bertz CT molecular complexity index is 1320. The molecule has 4 aliphatic rings. The van der Waals surface area contributed by atoms with Gasteiger partial charge in [0.25, 0.3) is 10.0 Å². The van der Waals surface area contributed by atoms with Gasteiger partial charge in [-0.2, -0.15) is 0 Å². The number of carbonyl (C=O) groups excluding carboxylic acids is 2. The highest BCUT2D eigenvalue weighted by molar-refractivity contribution is 7.90. The third-order valence-corrected chi connectivity index (χ3v) is 14.2. The van der Waals surface area contributed by atoms with E-state index in [9.17, 15) is 28.2 Å². The molecular weight excluding hydrogens is 580 g/mol. The molecule has 2 amide bonds. The standard InChI is InChI=1S/C34H52N2O7S/c1-6-24-28-19-22(37)13-16-34(28,4)27-14-17-33(3)25(11-12-26(33)29(27)30(24)38)20(2)15-18-35-32(40)36-44(41,42)23-9-7-21(8-10-23)31(39)43-5/h7-10,20,22,24-30,37-38H,6,11-19H2,1-5H3,(H2,35,36,40)/t20-,22-,24-,25-,26+,27+,28+,29+,30-,33-,34-/m1/s1. The molecule has 9 nitrogen and oxygen atoms in total. The number of hydrogen-bond acceptors (Lipinski definition) is 7. The number of amides is 2. The molecule has 0 saturated heterocycles. The summed E-state index contributed by atoms with van der Waals surface area (Å²) in [5, 5.41) is 25.2. The normalized spacial score (nSPS) is 38.9. The van der Waals surface area contributed by atoms with Gasteiger partial charge in [0.15, 0.2) is 0 Å². The minimum absolute atomic E-state index is 0.117. The van der Waals surface area contributed by atoms with Crippen molar-refractivity contribution in [3.63, 3.8) is 0 Å². The summed E-state index contributed by atoms with van der Waals surface area (Å²) in [4.78, 5) is 24.1. The van der Waals surface area contributed by atoms with E-state index in [1.807, 2.05) is 0 Å². The topological polar surface area (TPSA) is 142 Å². The Morgan fingerprint density at radius 2 is 1.66 bits per heavy atom. The molecule has 5 rings (SSSR count). The van der Waals surface area contributed by atoms with Gasteiger partial charge in [-0.05, 0) is 128 Å². The Morgan fingerprint density at radius 1 is 1.00 bits per heavy atom. The van der Waals surface area contributed by atoms with Crippen molar-refractivity contribution in [3.05, 3.63) is 29.8 Å². The van der Waals surface area contributed by atoms with E-state index >= 15 is 0 Å². The molecule has 4 aliphatic carbocycles. The number of aliphatic hydroxyl groups excluding tert-OH is 2. The zero-order valence-electron chi connectivity index (χ0n) is 26.9. The van der Waals surface area contributed by atoms with E-state index in [1.54, 1.807) is 0 Å². The Labute approximate surface area is 263 Å². The summed E-state index contributed by atoms with van der Waals surface area (Å²) in [7, 11) is -2.85. The van der Waals surface area contributed by atoms with Crippen molar-refractivity contribution in [1.29, 1.82) is 0 Å². The number of sulfonamides is 1. The zero-order valence-corrected chi connectivity index (χ0v) is 27.7. The van der Waals surface area contributed by atoms with Crippen LogP contribution in [0.3, 0.4) is 0 Å². The molecule has 44 heavy (non-hydrogen) atoms. The van der Waals surface area contributed by atoms with Crippen LogP contribution >= 0.6 is 0 Å². The predicted octanol–water partition coefficient (Wildman–Crippen LogP) is 5.11. The van der Waals surface area contributed by atoms with Crippen LogP contribution in [0.1, 0.15) is 95.8 Å². The van der Waals surface area contributed by atoms with Crippen molar-refractivity contribution in [1.82, 2.24) is 10.0 Å². The van der Waals surface area contributed by atoms with E-state index in [-0.39, 0.29) is 39.4 Å². The molecule has 0 unspecified atom stereocenters. The summed E-state index contributed by atoms with van der Waals surface area (Å²) in [6.45, 7) is 9.70. The summed E-state index contributed by atoms with van der Waals surface area (Å²) in [5.41, 5.74) is 0.520. The monoisotopic (exact) mass is 632 g/mol. The molecule has 10 heteroatoms. The van der Waals surface area contributed by atoms with Gasteiger partial charge in [0.2, 0.25) is 0 Å². The fourth-order valence-electron chi connectivity index (χ4n) is 10.7. The lowest BCUT2D eigenvalue weighted by atomic mass is 9.41. The third kappa shape index (κ3) is 5.79. The summed E-state index contributed by atoms with van der Waals surface area (Å²) in [5.74, 6) is 2.11. The summed E-state index contributed by atoms with van der Waals surface area (Å²) in [6.07, 6.45) is 8.34. The van der Waals surface area contributed by atoms with Crippen LogP contribution in [0.25, 0.3) is 0 Å². The first-order valence-corrected chi connectivity index (χ1v) is 18.1. The van der Waals surface area contributed by atoms with Gasteiger partial charge < -0.3 is 20.3 Å². The molecule has 4 fully saturated rings. The lowest BCUT2D eigenvalue weighted by molar-refractivity contribution is -0.203. The lowest BCUT2D eigenvalue weighted by Gasteiger charge is -2.64. The summed E-state index contributed by atoms with van der Waals surface area (Å²) in [6, 6.07) is 4.44. The molecule has 1 aromatic carbocycles. The molecule has 11 atom stereocenters. The van der Waals surface area contributed by atoms with Gasteiger partial charge in [-0.1, -0.05) is 34.1 Å². The second kappa shape index (κ2) is 12.6. The molecule has 4 saturated carbocycles. The molecular formula is C34H52N2O7S. The molecule has 0 radical (unpaired) electrons. The second-order valence-corrected chi connectivity index (χ2v) is 16.4. The maximum absolute atomic E-state index is 12.7. The summed E-state index contributed by atoms with van der Waals surface area (Å²) >= 11 is 0. The highest BCUT2D eigenvalue weighted by Crippen LogP contribution is 2.69. The number of nitrogens with one attached hydrogen (secondary N) is 2. The fraction of sp³-hybridized carbons (Fsp3) is 0.765. The SMILES string of the molecule is CC[C@H]1[C@@H](O)[C@@H]2[C@H](CC[C@]3(C)[C@@H]([C@H](C)CCNC(=O)NS(=O)(=O)c4ccc(C(=O)OC)cc4)CC[C@@H]23)[C@@]2(C)CC[C@@H](O)C[C@@H]12. The predicted molar refractivity (Wildman–Crippen MR) is 167 cm³/mol. The summed E-state index contributed by atoms with van der Waals surface area (Å²) < 4.78 is 32.1. The van der Waals surface area contributed by atoms with Crippen LogP contribution in [0.2, 0.25) is 0 Å². The molecule has 0 bridgehead atoms. The van der Waals surface area contributed by atoms with Crippen molar-refractivity contribution >= 4 is 22.0 Å². The Hall–Kier alpha value is -2.17. The van der Waals surface area contributed by atoms with Crippen molar-refractivity contribution in [3.8, 4) is 0 Å². The van der Waals surface area contributed by atoms with Crippen LogP contribution in [0.4, 0.5) is 4.79 Å². The van der Waals surface area contributed by atoms with E-state index in [0.29, 0.717) is 42.1 Å². The van der Waals surface area contributed by atoms with E-state index in [0.717, 1.165) is 57.8 Å². The molecule has 4 N–H and O–H groups in total. The number of hydrogen-bond donors (Lipinski definition) is 4. The maximum Gasteiger partial charge on any atom is 0.337 e. The molecule has 246 valence electrons. The highest BCUT2D eigenvalue weighted by atomic mass is 32.2. The number of esters is 1. The van der Waals surface area contributed by atoms with Crippen molar-refractivity contribution in [2.24, 2.45) is 52.3 Å². The largest absolute Gasteiger partial charge is 0.465 e. The number of methoxy groups -OCH3 is 1. The number of fused-ring (bicyclic) bond motifs is 5. The van der Waals surface area contributed by atoms with Gasteiger partial charge in [0.1, 0.15) is 0 Å². The van der Waals surface area contributed by atoms with Gasteiger partial charge in [-0.25, -0.2) is 22.7 Å². The highest BCUT2D eigenvalue weighted by Gasteiger charge is 2.64. The second-order valence-electron chi connectivity index (χ2n) is 14.8. The Morgan fingerprint density at radius 3 is 2.32 bits per heavy atom. The number of carbonyl (C=O) groups is 2. The molecule has 0 heterocycles. The van der Waals surface area contributed by atoms with Crippen LogP contribution in [0, 0.1) is 52.3 Å². The average Bonchev–Trinajstić information content (AvgIpc) is 3.34.